The Bertz CT molecular complexity index is 1020. The van der Waals surface area contributed by atoms with E-state index in [0.29, 0.717) is 0 Å². The van der Waals surface area contributed by atoms with E-state index in [0.717, 1.165) is 25.1 Å². The highest BCUT2D eigenvalue weighted by atomic mass is 32.2. The molecule has 1 heterocycles. The largest absolute Gasteiger partial charge is 0.496 e. The summed E-state index contributed by atoms with van der Waals surface area (Å²) in [5.41, 5.74) is -0.191. The molecule has 6 nitrogen and oxygen atoms in total. The second-order valence-corrected chi connectivity index (χ2v) is 8.34. The van der Waals surface area contributed by atoms with E-state index in [-0.39, 0.29) is 22.8 Å². The smallest absolute Gasteiger partial charge is 0.392 e. The van der Waals surface area contributed by atoms with E-state index in [1.165, 1.54) is 26.2 Å². The highest BCUT2D eigenvalue weighted by Crippen LogP contribution is 2.30. The molecule has 1 N–H and O–H groups in total. The molecule has 1 aromatic carbocycles. The second-order valence-electron chi connectivity index (χ2n) is 6.30. The maximum atomic E-state index is 13.3. The highest BCUT2D eigenvalue weighted by molar-refractivity contribution is 7.91. The SMILES string of the molecule is COc1ccc(S(=O)(=O)C[C@@H](C)C(F)(F)F)cc1C(=O)Nc1ccc(F)c(C)n1. The van der Waals surface area contributed by atoms with Crippen LogP contribution in [0.25, 0.3) is 0 Å². The minimum Gasteiger partial charge on any atom is -0.496 e. The number of carbonyl (C=O) groups is 1. The highest BCUT2D eigenvalue weighted by Gasteiger charge is 2.39. The van der Waals surface area contributed by atoms with Gasteiger partial charge in [-0.25, -0.2) is 17.8 Å². The van der Waals surface area contributed by atoms with Gasteiger partial charge in [0.25, 0.3) is 5.91 Å². The molecule has 2 rings (SSSR count). The van der Waals surface area contributed by atoms with Crippen molar-refractivity contribution >= 4 is 21.6 Å². The van der Waals surface area contributed by atoms with Crippen molar-refractivity contribution in [1.29, 1.82) is 0 Å². The van der Waals surface area contributed by atoms with E-state index in [4.69, 9.17) is 4.74 Å². The molecule has 1 atom stereocenters. The normalized spacial score (nSPS) is 13.1. The van der Waals surface area contributed by atoms with E-state index >= 15 is 0 Å². The van der Waals surface area contributed by atoms with Crippen LogP contribution < -0.4 is 10.1 Å². The number of ether oxygens (including phenoxy) is 1. The third-order valence-electron chi connectivity index (χ3n) is 4.07. The van der Waals surface area contributed by atoms with Crippen LogP contribution in [0.2, 0.25) is 0 Å². The zero-order chi connectivity index (χ0) is 22.0. The molecule has 0 aliphatic carbocycles. The third kappa shape index (κ3) is 5.43. The van der Waals surface area contributed by atoms with Gasteiger partial charge in [-0.2, -0.15) is 13.2 Å². The molecule has 11 heteroatoms. The summed E-state index contributed by atoms with van der Waals surface area (Å²) in [4.78, 5) is 15.9. The van der Waals surface area contributed by atoms with Gasteiger partial charge in [-0.3, -0.25) is 4.79 Å². The van der Waals surface area contributed by atoms with Crippen molar-refractivity contribution < 1.29 is 35.5 Å². The summed E-state index contributed by atoms with van der Waals surface area (Å²) < 4.78 is 81.3. The van der Waals surface area contributed by atoms with Crippen molar-refractivity contribution in [2.24, 2.45) is 5.92 Å². The minimum atomic E-state index is -4.67. The number of halogens is 4. The number of pyridine rings is 1. The molecular weight excluding hydrogens is 416 g/mol. The maximum Gasteiger partial charge on any atom is 0.392 e. The van der Waals surface area contributed by atoms with Crippen molar-refractivity contribution in [1.82, 2.24) is 4.98 Å². The molecule has 29 heavy (non-hydrogen) atoms. The van der Waals surface area contributed by atoms with E-state index in [1.807, 2.05) is 0 Å². The molecule has 0 aliphatic heterocycles. The molecular formula is C18H18F4N2O4S. The van der Waals surface area contributed by atoms with E-state index in [9.17, 15) is 30.8 Å². The van der Waals surface area contributed by atoms with Crippen LogP contribution in [0.1, 0.15) is 23.0 Å². The number of aryl methyl sites for hydroxylation is 1. The van der Waals surface area contributed by atoms with Gasteiger partial charge >= 0.3 is 6.18 Å². The summed E-state index contributed by atoms with van der Waals surface area (Å²) in [6.07, 6.45) is -4.67. The predicted octanol–water partition coefficient (Wildman–Crippen LogP) is 3.76. The van der Waals surface area contributed by atoms with Crippen LogP contribution in [-0.4, -0.2) is 38.3 Å². The Morgan fingerprint density at radius 3 is 2.45 bits per heavy atom. The van der Waals surface area contributed by atoms with E-state index in [1.54, 1.807) is 0 Å². The number of anilines is 1. The molecule has 0 fully saturated rings. The summed E-state index contributed by atoms with van der Waals surface area (Å²) >= 11 is 0. The van der Waals surface area contributed by atoms with Gasteiger partial charge < -0.3 is 10.1 Å². The average molecular weight is 434 g/mol. The number of methoxy groups -OCH3 is 1. The number of rotatable bonds is 6. The lowest BCUT2D eigenvalue weighted by Gasteiger charge is -2.16. The van der Waals surface area contributed by atoms with Crippen LogP contribution >= 0.6 is 0 Å². The van der Waals surface area contributed by atoms with Crippen molar-refractivity contribution in [3.05, 3.63) is 47.4 Å². The number of benzene rings is 1. The van der Waals surface area contributed by atoms with Gasteiger partial charge in [-0.15, -0.1) is 0 Å². The zero-order valence-corrected chi connectivity index (χ0v) is 16.5. The Labute approximate surface area is 164 Å². The fourth-order valence-electron chi connectivity index (χ4n) is 2.38. The van der Waals surface area contributed by atoms with Crippen molar-refractivity contribution in [2.45, 2.75) is 24.9 Å². The quantitative estimate of drug-likeness (QED) is 0.700. The first kappa shape index (κ1) is 22.6. The number of hydrogen-bond acceptors (Lipinski definition) is 5. The zero-order valence-electron chi connectivity index (χ0n) is 15.7. The Morgan fingerprint density at radius 2 is 1.90 bits per heavy atom. The number of alkyl halides is 3. The van der Waals surface area contributed by atoms with Crippen molar-refractivity contribution in [3.8, 4) is 5.75 Å². The number of hydrogen-bond donors (Lipinski definition) is 1. The Hall–Kier alpha value is -2.69. The molecule has 0 aliphatic rings. The number of nitrogens with one attached hydrogen (secondary N) is 1. The van der Waals surface area contributed by atoms with Gasteiger partial charge in [0.15, 0.2) is 9.84 Å². The van der Waals surface area contributed by atoms with E-state index < -0.39 is 44.3 Å². The first-order valence-electron chi connectivity index (χ1n) is 8.27. The number of aromatic nitrogens is 1. The molecule has 0 saturated carbocycles. The fraction of sp³-hybridized carbons (Fsp3) is 0.333. The monoisotopic (exact) mass is 434 g/mol. The Morgan fingerprint density at radius 1 is 1.24 bits per heavy atom. The van der Waals surface area contributed by atoms with Crippen LogP contribution in [0.4, 0.5) is 23.4 Å². The summed E-state index contributed by atoms with van der Waals surface area (Å²) in [6.45, 7) is 2.15. The maximum absolute atomic E-state index is 13.3. The van der Waals surface area contributed by atoms with Crippen LogP contribution in [0.5, 0.6) is 5.75 Å². The number of sulfone groups is 1. The van der Waals surface area contributed by atoms with Crippen molar-refractivity contribution in [3.63, 3.8) is 0 Å². The van der Waals surface area contributed by atoms with Crippen LogP contribution in [0, 0.1) is 18.7 Å². The van der Waals surface area contributed by atoms with Crippen LogP contribution in [-0.2, 0) is 9.84 Å². The predicted molar refractivity (Wildman–Crippen MR) is 97.2 cm³/mol. The summed E-state index contributed by atoms with van der Waals surface area (Å²) in [5.74, 6) is -4.63. The standard InChI is InChI=1S/C18H18F4N2O4S/c1-10(18(20,21)22)9-29(26,27)12-4-6-15(28-3)13(8-12)17(25)24-16-7-5-14(19)11(2)23-16/h4-8,10H,9H2,1-3H3,(H,23,24,25)/t10-/m1/s1. The Kier molecular flexibility index (Phi) is 6.51. The molecule has 1 aromatic heterocycles. The molecule has 158 valence electrons. The molecule has 0 bridgehead atoms. The van der Waals surface area contributed by atoms with Gasteiger partial charge in [0.05, 0.1) is 34.9 Å². The van der Waals surface area contributed by atoms with Gasteiger partial charge in [0, 0.05) is 0 Å². The van der Waals surface area contributed by atoms with Crippen LogP contribution in [0.3, 0.4) is 0 Å². The number of carbonyl (C=O) groups excluding carboxylic acids is 1. The van der Waals surface area contributed by atoms with Gasteiger partial charge in [-0.1, -0.05) is 6.92 Å². The fourth-order valence-corrected chi connectivity index (χ4v) is 3.99. The lowest BCUT2D eigenvalue weighted by Crippen LogP contribution is -2.27. The summed E-state index contributed by atoms with van der Waals surface area (Å²) in [6, 6.07) is 5.47. The van der Waals surface area contributed by atoms with Crippen LogP contribution in [0.15, 0.2) is 35.2 Å². The summed E-state index contributed by atoms with van der Waals surface area (Å²) in [5, 5.41) is 2.37. The minimum absolute atomic E-state index is 0.00385. The molecule has 0 saturated heterocycles. The van der Waals surface area contributed by atoms with Gasteiger partial charge in [0.2, 0.25) is 0 Å². The number of amides is 1. The lowest BCUT2D eigenvalue weighted by atomic mass is 10.2. The third-order valence-corrected chi connectivity index (χ3v) is 5.98. The topological polar surface area (TPSA) is 85.4 Å². The van der Waals surface area contributed by atoms with Gasteiger partial charge in [0.1, 0.15) is 17.4 Å². The Balaban J connectivity index is 2.37. The second kappa shape index (κ2) is 8.36. The molecule has 0 unspecified atom stereocenters. The van der Waals surface area contributed by atoms with Gasteiger partial charge in [-0.05, 0) is 37.3 Å². The first-order valence-corrected chi connectivity index (χ1v) is 9.92. The molecule has 0 radical (unpaired) electrons. The first-order chi connectivity index (χ1) is 13.3. The molecule has 0 spiro atoms. The molecule has 1 amide bonds. The van der Waals surface area contributed by atoms with Crippen molar-refractivity contribution in [2.75, 3.05) is 18.2 Å². The lowest BCUT2D eigenvalue weighted by molar-refractivity contribution is -0.163. The molecule has 2 aromatic rings. The van der Waals surface area contributed by atoms with E-state index in [2.05, 4.69) is 10.3 Å². The summed E-state index contributed by atoms with van der Waals surface area (Å²) in [7, 11) is -3.09. The average Bonchev–Trinajstić information content (AvgIpc) is 2.63. The number of nitrogens with zero attached hydrogens (tertiary/aromatic N) is 1.